The van der Waals surface area contributed by atoms with Crippen molar-refractivity contribution < 1.29 is 8.42 Å². The highest BCUT2D eigenvalue weighted by Gasteiger charge is 2.16. The monoisotopic (exact) mass is 528 g/mol. The smallest absolute Gasteiger partial charge is 0.240 e. The van der Waals surface area contributed by atoms with Gasteiger partial charge in [0.15, 0.2) is 5.96 Å². The Morgan fingerprint density at radius 2 is 1.90 bits per heavy atom. The van der Waals surface area contributed by atoms with Crippen molar-refractivity contribution in [3.05, 3.63) is 58.7 Å². The maximum Gasteiger partial charge on any atom is 0.240 e. The highest BCUT2D eigenvalue weighted by atomic mass is 127. The molecule has 0 amide bonds. The topological polar surface area (TPSA) is 96.6 Å². The number of anilines is 1. The van der Waals surface area contributed by atoms with Gasteiger partial charge in [-0.05, 0) is 73.9 Å². The average molecular weight is 528 g/mol. The van der Waals surface area contributed by atoms with Crippen molar-refractivity contribution in [1.82, 2.24) is 4.72 Å². The number of fused-ring (bicyclic) bond motifs is 1. The van der Waals surface area contributed by atoms with E-state index in [1.165, 1.54) is 24.0 Å². The molecular formula is C21H29IN4O2S. The SMILES string of the molecule is Cc1ccc(C)c(S(=O)(=O)NCCN=C(N)Nc2cccc3c2CCCC3)c1.I. The first-order valence-corrected chi connectivity index (χ1v) is 11.1. The predicted octanol–water partition coefficient (Wildman–Crippen LogP) is 3.51. The third-order valence-corrected chi connectivity index (χ3v) is 6.58. The van der Waals surface area contributed by atoms with Gasteiger partial charge >= 0.3 is 0 Å². The molecule has 0 fully saturated rings. The number of nitrogens with two attached hydrogens (primary N) is 1. The van der Waals surface area contributed by atoms with Gasteiger partial charge in [-0.2, -0.15) is 0 Å². The lowest BCUT2D eigenvalue weighted by atomic mass is 9.90. The van der Waals surface area contributed by atoms with Crippen molar-refractivity contribution in [2.24, 2.45) is 10.7 Å². The number of aryl methyl sites for hydroxylation is 3. The Hall–Kier alpha value is -1.65. The summed E-state index contributed by atoms with van der Waals surface area (Å²) in [6, 6.07) is 11.6. The van der Waals surface area contributed by atoms with Crippen molar-refractivity contribution in [3.8, 4) is 0 Å². The van der Waals surface area contributed by atoms with E-state index in [4.69, 9.17) is 5.73 Å². The number of rotatable bonds is 6. The van der Waals surface area contributed by atoms with E-state index in [2.05, 4.69) is 21.1 Å². The maximum atomic E-state index is 12.5. The van der Waals surface area contributed by atoms with Gasteiger partial charge in [-0.15, -0.1) is 24.0 Å². The highest BCUT2D eigenvalue weighted by molar-refractivity contribution is 14.0. The van der Waals surface area contributed by atoms with Gasteiger partial charge in [0.2, 0.25) is 10.0 Å². The number of guanidine groups is 1. The Balaban J connectivity index is 0.00000300. The summed E-state index contributed by atoms with van der Waals surface area (Å²) in [5, 5.41) is 3.17. The number of nitrogens with zero attached hydrogens (tertiary/aromatic N) is 1. The standard InChI is InChI=1S/C21H28N4O2S.HI/c1-15-10-11-16(2)20(14-15)28(26,27)24-13-12-23-21(22)25-19-9-5-7-17-6-3-4-8-18(17)19;/h5,7,9-11,14,24H,3-4,6,8,12-13H2,1-2H3,(H3,22,23,25);1H. The lowest BCUT2D eigenvalue weighted by molar-refractivity contribution is 0.581. The van der Waals surface area contributed by atoms with E-state index in [0.29, 0.717) is 10.9 Å². The van der Waals surface area contributed by atoms with Crippen LogP contribution in [0.2, 0.25) is 0 Å². The molecule has 0 bridgehead atoms. The maximum absolute atomic E-state index is 12.5. The van der Waals surface area contributed by atoms with Crippen molar-refractivity contribution in [1.29, 1.82) is 0 Å². The normalized spacial score (nSPS) is 14.1. The zero-order valence-corrected chi connectivity index (χ0v) is 20.0. The van der Waals surface area contributed by atoms with Crippen LogP contribution in [0, 0.1) is 13.8 Å². The molecule has 0 heterocycles. The van der Waals surface area contributed by atoms with Gasteiger partial charge in [-0.3, -0.25) is 4.99 Å². The third-order valence-electron chi connectivity index (χ3n) is 4.98. The molecule has 0 saturated heterocycles. The summed E-state index contributed by atoms with van der Waals surface area (Å²) < 4.78 is 27.6. The average Bonchev–Trinajstić information content (AvgIpc) is 2.67. The number of sulfonamides is 1. The van der Waals surface area contributed by atoms with E-state index in [1.807, 2.05) is 31.2 Å². The lowest BCUT2D eigenvalue weighted by Crippen LogP contribution is -2.29. The van der Waals surface area contributed by atoms with Crippen LogP contribution < -0.4 is 15.8 Å². The third kappa shape index (κ3) is 6.16. The molecule has 0 saturated carbocycles. The zero-order valence-electron chi connectivity index (χ0n) is 16.9. The van der Waals surface area contributed by atoms with Crippen LogP contribution in [0.4, 0.5) is 5.69 Å². The molecule has 0 spiro atoms. The highest BCUT2D eigenvalue weighted by Crippen LogP contribution is 2.27. The molecule has 0 aliphatic heterocycles. The number of halogens is 1. The van der Waals surface area contributed by atoms with Crippen LogP contribution in [0.25, 0.3) is 0 Å². The zero-order chi connectivity index (χ0) is 20.1. The molecule has 3 rings (SSSR count). The van der Waals surface area contributed by atoms with Gasteiger partial charge in [0.1, 0.15) is 0 Å². The largest absolute Gasteiger partial charge is 0.370 e. The molecule has 1 aliphatic carbocycles. The fourth-order valence-electron chi connectivity index (χ4n) is 3.51. The van der Waals surface area contributed by atoms with Crippen molar-refractivity contribution in [2.45, 2.75) is 44.4 Å². The Morgan fingerprint density at radius 1 is 1.14 bits per heavy atom. The van der Waals surface area contributed by atoms with E-state index in [-0.39, 0.29) is 37.1 Å². The number of hydrogen-bond donors (Lipinski definition) is 3. The Kier molecular flexibility index (Phi) is 8.47. The van der Waals surface area contributed by atoms with E-state index < -0.39 is 10.0 Å². The molecule has 0 unspecified atom stereocenters. The van der Waals surface area contributed by atoms with E-state index >= 15 is 0 Å². The second kappa shape index (κ2) is 10.4. The molecule has 1 aliphatic rings. The second-order valence-electron chi connectivity index (χ2n) is 7.21. The van der Waals surface area contributed by atoms with Gasteiger partial charge in [0.05, 0.1) is 11.4 Å². The first-order valence-electron chi connectivity index (χ1n) is 9.61. The fourth-order valence-corrected chi connectivity index (χ4v) is 4.86. The number of nitrogens with one attached hydrogen (secondary N) is 2. The summed E-state index contributed by atoms with van der Waals surface area (Å²) in [6.07, 6.45) is 4.55. The number of benzene rings is 2. The minimum Gasteiger partial charge on any atom is -0.370 e. The number of aliphatic imine (C=N–C) groups is 1. The van der Waals surface area contributed by atoms with Gasteiger partial charge in [-0.25, -0.2) is 13.1 Å². The summed E-state index contributed by atoms with van der Waals surface area (Å²) in [7, 11) is -3.56. The van der Waals surface area contributed by atoms with Crippen LogP contribution in [0.3, 0.4) is 0 Å². The summed E-state index contributed by atoms with van der Waals surface area (Å²) in [4.78, 5) is 4.57. The Bertz CT molecular complexity index is 990. The first-order chi connectivity index (χ1) is 13.4. The van der Waals surface area contributed by atoms with Gasteiger partial charge in [0, 0.05) is 12.2 Å². The molecule has 4 N–H and O–H groups in total. The van der Waals surface area contributed by atoms with E-state index in [0.717, 1.165) is 29.7 Å². The molecule has 0 aromatic heterocycles. The molecule has 0 atom stereocenters. The summed E-state index contributed by atoms with van der Waals surface area (Å²) in [5.74, 6) is 0.296. The van der Waals surface area contributed by atoms with Crippen LogP contribution in [-0.2, 0) is 22.9 Å². The number of hydrogen-bond acceptors (Lipinski definition) is 3. The van der Waals surface area contributed by atoms with Crippen LogP contribution in [-0.4, -0.2) is 27.5 Å². The first kappa shape index (κ1) is 23.6. The fraction of sp³-hybridized carbons (Fsp3) is 0.381. The van der Waals surface area contributed by atoms with Crippen LogP contribution in [0.1, 0.15) is 35.1 Å². The molecular weight excluding hydrogens is 499 g/mol. The minimum absolute atomic E-state index is 0. The summed E-state index contributed by atoms with van der Waals surface area (Å²) >= 11 is 0. The second-order valence-corrected chi connectivity index (χ2v) is 8.94. The molecule has 6 nitrogen and oxygen atoms in total. The van der Waals surface area contributed by atoms with Gasteiger partial charge in [-0.1, -0.05) is 24.3 Å². The quantitative estimate of drug-likeness (QED) is 0.232. The van der Waals surface area contributed by atoms with Crippen molar-refractivity contribution in [2.75, 3.05) is 18.4 Å². The van der Waals surface area contributed by atoms with Crippen molar-refractivity contribution in [3.63, 3.8) is 0 Å². The minimum atomic E-state index is -3.56. The van der Waals surface area contributed by atoms with E-state index in [9.17, 15) is 8.42 Å². The molecule has 2 aromatic carbocycles. The molecule has 8 heteroatoms. The van der Waals surface area contributed by atoms with Gasteiger partial charge in [0.25, 0.3) is 0 Å². The van der Waals surface area contributed by atoms with Crippen molar-refractivity contribution >= 4 is 45.6 Å². The Labute approximate surface area is 190 Å². The van der Waals surface area contributed by atoms with Crippen LogP contribution >= 0.6 is 24.0 Å². The van der Waals surface area contributed by atoms with Crippen LogP contribution in [0.5, 0.6) is 0 Å². The Morgan fingerprint density at radius 3 is 2.69 bits per heavy atom. The molecule has 2 aromatic rings. The summed E-state index contributed by atoms with van der Waals surface area (Å²) in [5.41, 5.74) is 11.3. The molecule has 0 radical (unpaired) electrons. The molecule has 158 valence electrons. The lowest BCUT2D eigenvalue weighted by Gasteiger charge is -2.19. The predicted molar refractivity (Wildman–Crippen MR) is 130 cm³/mol. The molecule has 29 heavy (non-hydrogen) atoms. The summed E-state index contributed by atoms with van der Waals surface area (Å²) in [6.45, 7) is 4.11. The van der Waals surface area contributed by atoms with Gasteiger partial charge < -0.3 is 11.1 Å². The van der Waals surface area contributed by atoms with Crippen LogP contribution in [0.15, 0.2) is 46.3 Å². The van der Waals surface area contributed by atoms with E-state index in [1.54, 1.807) is 13.0 Å².